The van der Waals surface area contributed by atoms with Crippen molar-refractivity contribution in [3.05, 3.63) is 21.9 Å². The Morgan fingerprint density at radius 1 is 1.38 bits per heavy atom. The second kappa shape index (κ2) is 6.66. The summed E-state index contributed by atoms with van der Waals surface area (Å²) in [7, 11) is 0. The van der Waals surface area contributed by atoms with Gasteiger partial charge in [-0.2, -0.15) is 0 Å². The maximum absolute atomic E-state index is 11.5. The highest BCUT2D eigenvalue weighted by Crippen LogP contribution is 2.16. The molecule has 0 fully saturated rings. The molecule has 0 aliphatic rings. The third-order valence-electron chi connectivity index (χ3n) is 1.92. The lowest BCUT2D eigenvalue weighted by Gasteiger charge is -2.04. The molecule has 0 unspecified atom stereocenters. The molecule has 0 bridgehead atoms. The van der Waals surface area contributed by atoms with Gasteiger partial charge in [0.15, 0.2) is 10.3 Å². The van der Waals surface area contributed by atoms with E-state index in [2.05, 4.69) is 17.1 Å². The molecule has 0 saturated heterocycles. The van der Waals surface area contributed by atoms with Crippen molar-refractivity contribution in [3.63, 3.8) is 0 Å². The van der Waals surface area contributed by atoms with Crippen molar-refractivity contribution in [1.82, 2.24) is 10.2 Å². The van der Waals surface area contributed by atoms with Crippen molar-refractivity contribution in [2.24, 2.45) is 0 Å². The molecule has 0 N–H and O–H groups in total. The molecule has 0 amide bonds. The van der Waals surface area contributed by atoms with Crippen LogP contribution in [0.1, 0.15) is 36.5 Å². The number of hydrogen-bond acceptors (Lipinski definition) is 4. The van der Waals surface area contributed by atoms with Gasteiger partial charge in [-0.25, -0.2) is 4.79 Å². The second-order valence-corrected chi connectivity index (χ2v) is 3.96. The van der Waals surface area contributed by atoms with Gasteiger partial charge < -0.3 is 4.74 Å². The fraction of sp³-hybridized carbons (Fsp3) is 0.500. The van der Waals surface area contributed by atoms with E-state index in [1.54, 1.807) is 0 Å². The van der Waals surface area contributed by atoms with Crippen LogP contribution in [0.2, 0.25) is 10.3 Å². The molecule has 0 aliphatic carbocycles. The Labute approximate surface area is 104 Å². The number of nitrogens with zero attached hydrogens (tertiary/aromatic N) is 2. The summed E-state index contributed by atoms with van der Waals surface area (Å²) in [5.41, 5.74) is 0.151. The first kappa shape index (κ1) is 13.2. The predicted octanol–water partition coefficient (Wildman–Crippen LogP) is 3.13. The lowest BCUT2D eigenvalue weighted by Crippen LogP contribution is -2.08. The number of esters is 1. The second-order valence-electron chi connectivity index (χ2n) is 3.21. The summed E-state index contributed by atoms with van der Waals surface area (Å²) in [6.45, 7) is 2.45. The molecule has 4 nitrogen and oxygen atoms in total. The summed E-state index contributed by atoms with van der Waals surface area (Å²) in [6.07, 6.45) is 2.93. The van der Waals surface area contributed by atoms with E-state index in [-0.39, 0.29) is 15.9 Å². The summed E-state index contributed by atoms with van der Waals surface area (Å²) < 4.78 is 5.02. The molecule has 0 radical (unpaired) electrons. The number of unbranched alkanes of at least 4 members (excludes halogenated alkanes) is 2. The van der Waals surface area contributed by atoms with Crippen LogP contribution in [0.4, 0.5) is 0 Å². The molecule has 1 heterocycles. The highest BCUT2D eigenvalue weighted by Gasteiger charge is 2.14. The molecule has 0 atom stereocenters. The Morgan fingerprint density at radius 3 is 2.81 bits per heavy atom. The molecule has 0 saturated carbocycles. The minimum absolute atomic E-state index is 0.00453. The summed E-state index contributed by atoms with van der Waals surface area (Å²) in [5.74, 6) is -0.516. The van der Waals surface area contributed by atoms with Crippen LogP contribution in [0, 0.1) is 0 Å². The van der Waals surface area contributed by atoms with Crippen LogP contribution in [-0.4, -0.2) is 22.8 Å². The van der Waals surface area contributed by atoms with Crippen molar-refractivity contribution in [2.75, 3.05) is 6.61 Å². The smallest absolute Gasteiger partial charge is 0.341 e. The maximum atomic E-state index is 11.5. The number of halogens is 2. The highest BCUT2D eigenvalue weighted by molar-refractivity contribution is 6.33. The fourth-order valence-electron chi connectivity index (χ4n) is 1.09. The zero-order valence-corrected chi connectivity index (χ0v) is 10.4. The summed E-state index contributed by atoms with van der Waals surface area (Å²) >= 11 is 11.3. The predicted molar refractivity (Wildman–Crippen MR) is 61.9 cm³/mol. The summed E-state index contributed by atoms with van der Waals surface area (Å²) in [4.78, 5) is 11.5. The molecule has 0 spiro atoms. The van der Waals surface area contributed by atoms with E-state index in [4.69, 9.17) is 27.9 Å². The Balaban J connectivity index is 2.55. The van der Waals surface area contributed by atoms with Gasteiger partial charge in [-0.1, -0.05) is 43.0 Å². The van der Waals surface area contributed by atoms with E-state index in [9.17, 15) is 4.79 Å². The largest absolute Gasteiger partial charge is 0.462 e. The standard InChI is InChI=1S/C10H12Cl2N2O2/c1-2-3-4-5-16-10(15)7-6-8(11)13-14-9(7)12/h6H,2-5H2,1H3. The van der Waals surface area contributed by atoms with Crippen LogP contribution in [-0.2, 0) is 4.74 Å². The van der Waals surface area contributed by atoms with E-state index in [0.717, 1.165) is 19.3 Å². The molecule has 88 valence electrons. The number of carbonyl (C=O) groups excluding carboxylic acids is 1. The monoisotopic (exact) mass is 262 g/mol. The number of aromatic nitrogens is 2. The van der Waals surface area contributed by atoms with Gasteiger partial charge in [-0.3, -0.25) is 0 Å². The van der Waals surface area contributed by atoms with Gasteiger partial charge in [-0.05, 0) is 12.5 Å². The minimum Gasteiger partial charge on any atom is -0.462 e. The van der Waals surface area contributed by atoms with Crippen LogP contribution in [0.3, 0.4) is 0 Å². The number of rotatable bonds is 5. The highest BCUT2D eigenvalue weighted by atomic mass is 35.5. The van der Waals surface area contributed by atoms with Crippen molar-refractivity contribution in [2.45, 2.75) is 26.2 Å². The Morgan fingerprint density at radius 2 is 2.12 bits per heavy atom. The lowest BCUT2D eigenvalue weighted by molar-refractivity contribution is 0.0497. The van der Waals surface area contributed by atoms with Crippen LogP contribution in [0.25, 0.3) is 0 Å². The van der Waals surface area contributed by atoms with Crippen LogP contribution >= 0.6 is 23.2 Å². The maximum Gasteiger partial charge on any atom is 0.341 e. The SMILES string of the molecule is CCCCCOC(=O)c1cc(Cl)nnc1Cl. The van der Waals surface area contributed by atoms with Crippen LogP contribution < -0.4 is 0 Å². The number of hydrogen-bond donors (Lipinski definition) is 0. The normalized spacial score (nSPS) is 10.2. The molecule has 1 rings (SSSR count). The first-order valence-corrected chi connectivity index (χ1v) is 5.76. The topological polar surface area (TPSA) is 52.1 Å². The van der Waals surface area contributed by atoms with Crippen molar-refractivity contribution < 1.29 is 9.53 Å². The average Bonchev–Trinajstić information content (AvgIpc) is 2.27. The van der Waals surface area contributed by atoms with Crippen molar-refractivity contribution >= 4 is 29.2 Å². The molecule has 1 aromatic heterocycles. The van der Waals surface area contributed by atoms with Crippen molar-refractivity contribution in [1.29, 1.82) is 0 Å². The molecular formula is C10H12Cl2N2O2. The minimum atomic E-state index is -0.516. The Hall–Kier alpha value is -0.870. The van der Waals surface area contributed by atoms with Gasteiger partial charge in [0.1, 0.15) is 5.56 Å². The van der Waals surface area contributed by atoms with E-state index in [1.807, 2.05) is 0 Å². The average molecular weight is 263 g/mol. The molecule has 0 aromatic carbocycles. The van der Waals surface area contributed by atoms with Gasteiger partial charge in [0, 0.05) is 0 Å². The van der Waals surface area contributed by atoms with Crippen molar-refractivity contribution in [3.8, 4) is 0 Å². The van der Waals surface area contributed by atoms with Gasteiger partial charge in [0.25, 0.3) is 0 Å². The fourth-order valence-corrected chi connectivity index (χ4v) is 1.41. The zero-order chi connectivity index (χ0) is 12.0. The first-order valence-electron chi connectivity index (χ1n) is 5.01. The third-order valence-corrected chi connectivity index (χ3v) is 2.38. The zero-order valence-electron chi connectivity index (χ0n) is 8.87. The lowest BCUT2D eigenvalue weighted by atomic mass is 10.3. The van der Waals surface area contributed by atoms with E-state index < -0.39 is 5.97 Å². The molecule has 1 aromatic rings. The summed E-state index contributed by atoms with van der Waals surface area (Å²) in [6, 6.07) is 1.35. The van der Waals surface area contributed by atoms with Gasteiger partial charge >= 0.3 is 5.97 Å². The van der Waals surface area contributed by atoms with E-state index in [0.29, 0.717) is 6.61 Å². The van der Waals surface area contributed by atoms with Crippen LogP contribution in [0.15, 0.2) is 6.07 Å². The van der Waals surface area contributed by atoms with Crippen LogP contribution in [0.5, 0.6) is 0 Å². The van der Waals surface area contributed by atoms with Gasteiger partial charge in [0.05, 0.1) is 6.61 Å². The molecular weight excluding hydrogens is 251 g/mol. The Bertz CT molecular complexity index is 372. The van der Waals surface area contributed by atoms with E-state index >= 15 is 0 Å². The van der Waals surface area contributed by atoms with Gasteiger partial charge in [-0.15, -0.1) is 10.2 Å². The van der Waals surface area contributed by atoms with E-state index in [1.165, 1.54) is 6.07 Å². The molecule has 16 heavy (non-hydrogen) atoms. The first-order chi connectivity index (χ1) is 7.65. The number of carbonyl (C=O) groups is 1. The molecule has 6 heteroatoms. The Kier molecular flexibility index (Phi) is 5.49. The summed E-state index contributed by atoms with van der Waals surface area (Å²) in [5, 5.41) is 7.15. The van der Waals surface area contributed by atoms with Gasteiger partial charge in [0.2, 0.25) is 0 Å². The molecule has 0 aliphatic heterocycles. The number of ether oxygens (including phenoxy) is 1. The quantitative estimate of drug-likeness (QED) is 0.605. The third kappa shape index (κ3) is 3.94.